The van der Waals surface area contributed by atoms with E-state index >= 15 is 0 Å². The van der Waals surface area contributed by atoms with E-state index in [1.54, 1.807) is 26.0 Å². The number of hydrogen-bond donors (Lipinski definition) is 0. The Labute approximate surface area is 104 Å². The van der Waals surface area contributed by atoms with Crippen molar-refractivity contribution in [2.75, 3.05) is 0 Å². The number of benzene rings is 2. The van der Waals surface area contributed by atoms with Crippen LogP contribution in [0.5, 0.6) is 0 Å². The zero-order valence-corrected chi connectivity index (χ0v) is 10.1. The van der Waals surface area contributed by atoms with Gasteiger partial charge in [-0.3, -0.25) is 4.79 Å². The maximum atomic E-state index is 13.4. The molecule has 3 heteroatoms. The van der Waals surface area contributed by atoms with E-state index in [4.69, 9.17) is 0 Å². The van der Waals surface area contributed by atoms with Crippen molar-refractivity contribution in [2.24, 2.45) is 0 Å². The second kappa shape index (κ2) is 4.69. The molecule has 0 aliphatic heterocycles. The van der Waals surface area contributed by atoms with E-state index in [0.29, 0.717) is 11.1 Å². The molecule has 2 aromatic rings. The summed E-state index contributed by atoms with van der Waals surface area (Å²) < 4.78 is 26.7. The Morgan fingerprint density at radius 2 is 1.22 bits per heavy atom. The van der Waals surface area contributed by atoms with Crippen molar-refractivity contribution in [1.29, 1.82) is 0 Å². The van der Waals surface area contributed by atoms with Gasteiger partial charge in [0.2, 0.25) is 0 Å². The highest BCUT2D eigenvalue weighted by atomic mass is 19.1. The Morgan fingerprint density at radius 3 is 1.56 bits per heavy atom. The highest BCUT2D eigenvalue weighted by Gasteiger charge is 2.12. The molecule has 0 atom stereocenters. The Hall–Kier alpha value is -2.03. The summed E-state index contributed by atoms with van der Waals surface area (Å²) in [6.07, 6.45) is 0. The van der Waals surface area contributed by atoms with Crippen molar-refractivity contribution in [2.45, 2.75) is 13.8 Å². The molecule has 2 aromatic carbocycles. The van der Waals surface area contributed by atoms with Crippen LogP contribution in [0.25, 0.3) is 0 Å². The van der Waals surface area contributed by atoms with E-state index in [-0.39, 0.29) is 16.9 Å². The molecule has 92 valence electrons. The van der Waals surface area contributed by atoms with Gasteiger partial charge in [0.15, 0.2) is 5.78 Å². The highest BCUT2D eigenvalue weighted by Crippen LogP contribution is 2.16. The van der Waals surface area contributed by atoms with Crippen LogP contribution in [0.1, 0.15) is 27.0 Å². The third-order valence-electron chi connectivity index (χ3n) is 2.87. The average molecular weight is 246 g/mol. The molecule has 0 heterocycles. The molecule has 2 rings (SSSR count). The standard InChI is InChI=1S/C15H12F2O/c1-9-3-5-11(7-13(9)16)15(18)12-6-4-10(2)14(17)8-12/h3-8H,1-2H3. The van der Waals surface area contributed by atoms with Crippen LogP contribution >= 0.6 is 0 Å². The largest absolute Gasteiger partial charge is 0.289 e. The van der Waals surface area contributed by atoms with Crippen LogP contribution < -0.4 is 0 Å². The van der Waals surface area contributed by atoms with Crippen molar-refractivity contribution in [3.63, 3.8) is 0 Å². The lowest BCUT2D eigenvalue weighted by molar-refractivity contribution is 0.103. The van der Waals surface area contributed by atoms with Crippen LogP contribution in [-0.2, 0) is 0 Å². The molecule has 0 spiro atoms. The van der Waals surface area contributed by atoms with E-state index in [1.165, 1.54) is 24.3 Å². The van der Waals surface area contributed by atoms with E-state index in [0.717, 1.165) is 0 Å². The minimum Gasteiger partial charge on any atom is -0.289 e. The summed E-state index contributed by atoms with van der Waals surface area (Å²) in [4.78, 5) is 12.0. The molecule has 0 aromatic heterocycles. The lowest BCUT2D eigenvalue weighted by Crippen LogP contribution is -2.03. The fourth-order valence-electron chi connectivity index (χ4n) is 1.63. The summed E-state index contributed by atoms with van der Waals surface area (Å²) in [5, 5.41) is 0. The molecule has 0 unspecified atom stereocenters. The summed E-state index contributed by atoms with van der Waals surface area (Å²) >= 11 is 0. The molecule has 18 heavy (non-hydrogen) atoms. The summed E-state index contributed by atoms with van der Waals surface area (Å²) in [6, 6.07) is 8.50. The van der Waals surface area contributed by atoms with Gasteiger partial charge in [0.1, 0.15) is 11.6 Å². The van der Waals surface area contributed by atoms with Gasteiger partial charge in [-0.25, -0.2) is 8.78 Å². The van der Waals surface area contributed by atoms with E-state index in [2.05, 4.69) is 0 Å². The summed E-state index contributed by atoms with van der Waals surface area (Å²) in [5.41, 5.74) is 1.39. The van der Waals surface area contributed by atoms with Crippen LogP contribution in [0.4, 0.5) is 8.78 Å². The first-order valence-electron chi connectivity index (χ1n) is 5.56. The van der Waals surface area contributed by atoms with Gasteiger partial charge in [0.25, 0.3) is 0 Å². The SMILES string of the molecule is Cc1ccc(C(=O)c2ccc(C)c(F)c2)cc1F. The zero-order valence-electron chi connectivity index (χ0n) is 10.1. The van der Waals surface area contributed by atoms with Crippen LogP contribution in [-0.4, -0.2) is 5.78 Å². The Morgan fingerprint density at radius 1 is 0.833 bits per heavy atom. The summed E-state index contributed by atoms with van der Waals surface area (Å²) in [6.45, 7) is 3.24. The average Bonchev–Trinajstić information content (AvgIpc) is 2.35. The lowest BCUT2D eigenvalue weighted by atomic mass is 10.0. The van der Waals surface area contributed by atoms with Gasteiger partial charge < -0.3 is 0 Å². The molecule has 0 aliphatic carbocycles. The second-order valence-corrected chi connectivity index (χ2v) is 4.26. The first-order valence-corrected chi connectivity index (χ1v) is 5.56. The molecule has 0 saturated carbocycles. The Kier molecular flexibility index (Phi) is 3.24. The first-order chi connectivity index (χ1) is 8.49. The molecule has 0 radical (unpaired) electrons. The van der Waals surface area contributed by atoms with Crippen LogP contribution in [0.3, 0.4) is 0 Å². The topological polar surface area (TPSA) is 17.1 Å². The quantitative estimate of drug-likeness (QED) is 0.736. The van der Waals surface area contributed by atoms with Gasteiger partial charge in [-0.15, -0.1) is 0 Å². The van der Waals surface area contributed by atoms with Crippen molar-refractivity contribution in [1.82, 2.24) is 0 Å². The van der Waals surface area contributed by atoms with Gasteiger partial charge in [-0.2, -0.15) is 0 Å². The first kappa shape index (κ1) is 12.4. The molecule has 1 nitrogen and oxygen atoms in total. The summed E-state index contributed by atoms with van der Waals surface area (Å²) in [7, 11) is 0. The number of halogens is 2. The Bertz CT molecular complexity index is 564. The van der Waals surface area contributed by atoms with Crippen LogP contribution in [0.15, 0.2) is 36.4 Å². The third-order valence-corrected chi connectivity index (χ3v) is 2.87. The number of rotatable bonds is 2. The molecule has 0 amide bonds. The molecule has 0 N–H and O–H groups in total. The van der Waals surface area contributed by atoms with Crippen LogP contribution in [0.2, 0.25) is 0 Å². The number of ketones is 1. The van der Waals surface area contributed by atoms with E-state index < -0.39 is 11.6 Å². The number of aryl methyl sites for hydroxylation is 2. The molecular weight excluding hydrogens is 234 g/mol. The van der Waals surface area contributed by atoms with Crippen molar-refractivity contribution < 1.29 is 13.6 Å². The molecular formula is C15H12F2O. The number of hydrogen-bond acceptors (Lipinski definition) is 1. The van der Waals surface area contributed by atoms with Crippen LogP contribution in [0, 0.1) is 25.5 Å². The number of carbonyl (C=O) groups is 1. The number of carbonyl (C=O) groups excluding carboxylic acids is 1. The highest BCUT2D eigenvalue weighted by molar-refractivity contribution is 6.09. The van der Waals surface area contributed by atoms with Gasteiger partial charge in [0, 0.05) is 11.1 Å². The van der Waals surface area contributed by atoms with Crippen molar-refractivity contribution >= 4 is 5.78 Å². The lowest BCUT2D eigenvalue weighted by Gasteiger charge is -2.04. The smallest absolute Gasteiger partial charge is 0.193 e. The second-order valence-electron chi connectivity index (χ2n) is 4.26. The van der Waals surface area contributed by atoms with Gasteiger partial charge in [-0.1, -0.05) is 24.3 Å². The molecule has 0 bridgehead atoms. The predicted molar refractivity (Wildman–Crippen MR) is 65.7 cm³/mol. The maximum absolute atomic E-state index is 13.4. The van der Waals surface area contributed by atoms with E-state index in [9.17, 15) is 13.6 Å². The van der Waals surface area contributed by atoms with Gasteiger partial charge in [-0.05, 0) is 37.1 Å². The van der Waals surface area contributed by atoms with Crippen molar-refractivity contribution in [3.05, 3.63) is 70.3 Å². The molecule has 0 aliphatic rings. The van der Waals surface area contributed by atoms with Crippen molar-refractivity contribution in [3.8, 4) is 0 Å². The maximum Gasteiger partial charge on any atom is 0.193 e. The predicted octanol–water partition coefficient (Wildman–Crippen LogP) is 3.81. The monoisotopic (exact) mass is 246 g/mol. The van der Waals surface area contributed by atoms with Gasteiger partial charge in [0.05, 0.1) is 0 Å². The van der Waals surface area contributed by atoms with Gasteiger partial charge >= 0.3 is 0 Å². The molecule has 0 fully saturated rings. The minimum absolute atomic E-state index is 0.223. The summed E-state index contributed by atoms with van der Waals surface area (Å²) in [5.74, 6) is -1.25. The molecule has 0 saturated heterocycles. The minimum atomic E-state index is -0.437. The Balaban J connectivity index is 2.41. The third kappa shape index (κ3) is 2.30. The van der Waals surface area contributed by atoms with E-state index in [1.807, 2.05) is 0 Å². The zero-order chi connectivity index (χ0) is 13.3. The normalized spacial score (nSPS) is 10.4. The fraction of sp³-hybridized carbons (Fsp3) is 0.133. The fourth-order valence-corrected chi connectivity index (χ4v) is 1.63.